The summed E-state index contributed by atoms with van der Waals surface area (Å²) in [6.07, 6.45) is 0.447. The predicted octanol–water partition coefficient (Wildman–Crippen LogP) is -0.177. The van der Waals surface area contributed by atoms with Crippen LogP contribution in [0.2, 0.25) is 0 Å². The van der Waals surface area contributed by atoms with Crippen LogP contribution >= 0.6 is 0 Å². The summed E-state index contributed by atoms with van der Waals surface area (Å²) in [4.78, 5) is 25.2. The van der Waals surface area contributed by atoms with E-state index in [0.29, 0.717) is 24.4 Å². The lowest BCUT2D eigenvalue weighted by molar-refractivity contribution is -0.159. The van der Waals surface area contributed by atoms with Gasteiger partial charge in [0.25, 0.3) is 0 Å². The van der Waals surface area contributed by atoms with Crippen molar-refractivity contribution in [1.82, 2.24) is 19.0 Å². The molecule has 140 valence electrons. The Labute approximate surface area is 147 Å². The third-order valence-corrected chi connectivity index (χ3v) is 6.38. The van der Waals surface area contributed by atoms with Crippen molar-refractivity contribution in [3.8, 4) is 0 Å². The van der Waals surface area contributed by atoms with E-state index in [4.69, 9.17) is 4.74 Å². The van der Waals surface area contributed by atoms with Crippen molar-refractivity contribution >= 4 is 21.9 Å². The maximum absolute atomic E-state index is 13.0. The lowest BCUT2D eigenvalue weighted by Gasteiger charge is -2.21. The Balaban J connectivity index is 2.17. The monoisotopic (exact) mass is 372 g/mol. The SMILES string of the molecule is CCOC(=O)C(=O)N1CCCN(S(=O)(=O)c2c(C)nn(C)c2C)CC1. The van der Waals surface area contributed by atoms with E-state index >= 15 is 0 Å². The molecule has 0 atom stereocenters. The van der Waals surface area contributed by atoms with Gasteiger partial charge in [-0.15, -0.1) is 0 Å². The first-order valence-electron chi connectivity index (χ1n) is 8.16. The average Bonchev–Trinajstić information content (AvgIpc) is 2.73. The van der Waals surface area contributed by atoms with E-state index < -0.39 is 21.9 Å². The Kier molecular flexibility index (Phi) is 5.83. The average molecular weight is 372 g/mol. The first kappa shape index (κ1) is 19.4. The topological polar surface area (TPSA) is 102 Å². The molecule has 0 spiro atoms. The van der Waals surface area contributed by atoms with E-state index in [9.17, 15) is 18.0 Å². The second-order valence-electron chi connectivity index (χ2n) is 5.89. The number of carbonyl (C=O) groups is 2. The van der Waals surface area contributed by atoms with Gasteiger partial charge in [0.05, 0.1) is 18.0 Å². The molecule has 0 bridgehead atoms. The number of ether oxygens (including phenoxy) is 1. The molecule has 0 aliphatic carbocycles. The zero-order valence-corrected chi connectivity index (χ0v) is 15.8. The second-order valence-corrected chi connectivity index (χ2v) is 7.77. The fraction of sp³-hybridized carbons (Fsp3) is 0.667. The molecule has 2 rings (SSSR count). The molecule has 1 fully saturated rings. The first-order valence-corrected chi connectivity index (χ1v) is 9.60. The van der Waals surface area contributed by atoms with Gasteiger partial charge in [0.2, 0.25) is 10.0 Å². The highest BCUT2D eigenvalue weighted by Crippen LogP contribution is 2.24. The minimum Gasteiger partial charge on any atom is -0.459 e. The number of hydrogen-bond acceptors (Lipinski definition) is 6. The molecule has 0 aromatic carbocycles. The van der Waals surface area contributed by atoms with E-state index in [1.54, 1.807) is 27.8 Å². The van der Waals surface area contributed by atoms with Crippen molar-refractivity contribution in [1.29, 1.82) is 0 Å². The predicted molar refractivity (Wildman–Crippen MR) is 89.3 cm³/mol. The highest BCUT2D eigenvalue weighted by Gasteiger charge is 2.33. The normalized spacial score (nSPS) is 16.6. The molecule has 0 unspecified atom stereocenters. The van der Waals surface area contributed by atoms with Crippen LogP contribution in [0, 0.1) is 13.8 Å². The third kappa shape index (κ3) is 3.84. The third-order valence-electron chi connectivity index (χ3n) is 4.23. The maximum Gasteiger partial charge on any atom is 0.397 e. The largest absolute Gasteiger partial charge is 0.459 e. The number of hydrogen-bond donors (Lipinski definition) is 0. The van der Waals surface area contributed by atoms with Gasteiger partial charge in [-0.25, -0.2) is 13.2 Å². The van der Waals surface area contributed by atoms with Crippen LogP contribution in [0.1, 0.15) is 24.7 Å². The summed E-state index contributed by atoms with van der Waals surface area (Å²) in [5, 5.41) is 4.17. The highest BCUT2D eigenvalue weighted by atomic mass is 32.2. The summed E-state index contributed by atoms with van der Waals surface area (Å²) in [5.74, 6) is -1.63. The minimum atomic E-state index is -3.71. The van der Waals surface area contributed by atoms with Crippen molar-refractivity contribution in [2.75, 3.05) is 32.8 Å². The van der Waals surface area contributed by atoms with Gasteiger partial charge in [0.1, 0.15) is 4.90 Å². The van der Waals surface area contributed by atoms with E-state index in [-0.39, 0.29) is 31.1 Å². The summed E-state index contributed by atoms with van der Waals surface area (Å²) in [7, 11) is -2.01. The fourth-order valence-electron chi connectivity index (χ4n) is 2.92. The first-order chi connectivity index (χ1) is 11.7. The number of aromatic nitrogens is 2. The lowest BCUT2D eigenvalue weighted by atomic mass is 10.4. The van der Waals surface area contributed by atoms with Crippen molar-refractivity contribution in [2.24, 2.45) is 7.05 Å². The van der Waals surface area contributed by atoms with Crippen molar-refractivity contribution in [3.05, 3.63) is 11.4 Å². The molecule has 1 aliphatic heterocycles. The van der Waals surface area contributed by atoms with Gasteiger partial charge in [0, 0.05) is 33.2 Å². The quantitative estimate of drug-likeness (QED) is 0.539. The molecule has 0 saturated carbocycles. The summed E-state index contributed by atoms with van der Waals surface area (Å²) in [6, 6.07) is 0. The van der Waals surface area contributed by atoms with Gasteiger partial charge < -0.3 is 9.64 Å². The number of aryl methyl sites for hydroxylation is 2. The number of rotatable bonds is 3. The molecule has 1 aliphatic rings. The van der Waals surface area contributed by atoms with Gasteiger partial charge in [-0.2, -0.15) is 9.40 Å². The van der Waals surface area contributed by atoms with E-state index in [1.165, 1.54) is 13.9 Å². The van der Waals surface area contributed by atoms with E-state index in [2.05, 4.69) is 5.10 Å². The fourth-order valence-corrected chi connectivity index (χ4v) is 4.78. The van der Waals surface area contributed by atoms with Crippen LogP contribution in [0.5, 0.6) is 0 Å². The molecule has 0 N–H and O–H groups in total. The summed E-state index contributed by atoms with van der Waals surface area (Å²) < 4.78 is 33.6. The lowest BCUT2D eigenvalue weighted by Crippen LogP contribution is -2.41. The Bertz CT molecular complexity index is 771. The Hall–Kier alpha value is -1.94. The standard InChI is InChI=1S/C15H24N4O5S/c1-5-24-15(21)14(20)18-7-6-8-19(10-9-18)25(22,23)13-11(2)16-17(4)12(13)3/h5-10H2,1-4H3. The van der Waals surface area contributed by atoms with Gasteiger partial charge >= 0.3 is 11.9 Å². The molecular weight excluding hydrogens is 348 g/mol. The zero-order chi connectivity index (χ0) is 18.8. The summed E-state index contributed by atoms with van der Waals surface area (Å²) in [6.45, 7) is 5.99. The maximum atomic E-state index is 13.0. The number of nitrogens with zero attached hydrogens (tertiary/aromatic N) is 4. The molecule has 1 amide bonds. The second kappa shape index (κ2) is 7.52. The Morgan fingerprint density at radius 2 is 1.84 bits per heavy atom. The number of sulfonamides is 1. The molecule has 1 aromatic rings. The van der Waals surface area contributed by atoms with Crippen molar-refractivity contribution in [2.45, 2.75) is 32.1 Å². The van der Waals surface area contributed by atoms with E-state index in [1.807, 2.05) is 0 Å². The Morgan fingerprint density at radius 1 is 1.16 bits per heavy atom. The molecule has 25 heavy (non-hydrogen) atoms. The molecule has 9 nitrogen and oxygen atoms in total. The molecule has 2 heterocycles. The molecule has 10 heteroatoms. The molecule has 0 radical (unpaired) electrons. The van der Waals surface area contributed by atoms with Gasteiger partial charge in [-0.1, -0.05) is 0 Å². The number of carbonyl (C=O) groups excluding carboxylic acids is 2. The number of esters is 1. The van der Waals surface area contributed by atoms with Gasteiger partial charge in [-0.05, 0) is 27.2 Å². The molecular formula is C15H24N4O5S. The van der Waals surface area contributed by atoms with E-state index in [0.717, 1.165) is 0 Å². The van der Waals surface area contributed by atoms with Crippen LogP contribution in [0.15, 0.2) is 4.90 Å². The molecule has 1 aromatic heterocycles. The highest BCUT2D eigenvalue weighted by molar-refractivity contribution is 7.89. The van der Waals surface area contributed by atoms with Crippen LogP contribution in [-0.4, -0.2) is 72.1 Å². The van der Waals surface area contributed by atoms with Crippen LogP contribution in [0.4, 0.5) is 0 Å². The van der Waals surface area contributed by atoms with Crippen LogP contribution in [-0.2, 0) is 31.4 Å². The van der Waals surface area contributed by atoms with Crippen LogP contribution < -0.4 is 0 Å². The summed E-state index contributed by atoms with van der Waals surface area (Å²) >= 11 is 0. The van der Waals surface area contributed by atoms with Crippen LogP contribution in [0.3, 0.4) is 0 Å². The smallest absolute Gasteiger partial charge is 0.397 e. The summed E-state index contributed by atoms with van der Waals surface area (Å²) in [5.41, 5.74) is 1.02. The minimum absolute atomic E-state index is 0.123. The van der Waals surface area contributed by atoms with Crippen molar-refractivity contribution < 1.29 is 22.7 Å². The Morgan fingerprint density at radius 3 is 2.40 bits per heavy atom. The van der Waals surface area contributed by atoms with Crippen molar-refractivity contribution in [3.63, 3.8) is 0 Å². The van der Waals surface area contributed by atoms with Gasteiger partial charge in [-0.3, -0.25) is 9.48 Å². The molecule has 1 saturated heterocycles. The van der Waals surface area contributed by atoms with Crippen LogP contribution in [0.25, 0.3) is 0 Å². The van der Waals surface area contributed by atoms with Gasteiger partial charge in [0.15, 0.2) is 0 Å². The zero-order valence-electron chi connectivity index (χ0n) is 15.0. The number of amides is 1.